The first-order valence-electron chi connectivity index (χ1n) is 9.56. The number of rotatable bonds is 9. The Morgan fingerprint density at radius 1 is 1.35 bits per heavy atom. The van der Waals surface area contributed by atoms with E-state index in [1.807, 2.05) is 6.92 Å². The van der Waals surface area contributed by atoms with Crippen LogP contribution in [0.2, 0.25) is 5.02 Å². The van der Waals surface area contributed by atoms with Crippen LogP contribution >= 0.6 is 11.6 Å². The number of hydrogen-bond donors (Lipinski definition) is 1. The van der Waals surface area contributed by atoms with Crippen LogP contribution in [-0.2, 0) is 0 Å². The van der Waals surface area contributed by atoms with Gasteiger partial charge in [-0.3, -0.25) is 4.79 Å². The maximum atomic E-state index is 12.4. The number of nitrogens with zero attached hydrogens (tertiary/aromatic N) is 1. The number of ether oxygens (including phenoxy) is 2. The molecule has 146 valence electrons. The van der Waals surface area contributed by atoms with Crippen molar-refractivity contribution in [2.45, 2.75) is 39.5 Å². The van der Waals surface area contributed by atoms with Crippen LogP contribution in [0.3, 0.4) is 0 Å². The molecule has 0 spiro atoms. The van der Waals surface area contributed by atoms with Gasteiger partial charge in [-0.2, -0.15) is 0 Å². The second kappa shape index (κ2) is 10.6. The number of carbonyl (C=O) groups excluding carboxylic acids is 1. The number of carbonyl (C=O) groups is 1. The molecule has 0 bridgehead atoms. The van der Waals surface area contributed by atoms with Crippen molar-refractivity contribution in [1.29, 1.82) is 0 Å². The molecule has 1 saturated heterocycles. The summed E-state index contributed by atoms with van der Waals surface area (Å²) in [6, 6.07) is 3.31. The van der Waals surface area contributed by atoms with Gasteiger partial charge in [-0.25, -0.2) is 0 Å². The molecule has 1 aromatic carbocycles. The highest BCUT2D eigenvalue weighted by Crippen LogP contribution is 2.36. The fraction of sp³-hybridized carbons (Fsp3) is 0.650. The molecule has 1 heterocycles. The van der Waals surface area contributed by atoms with E-state index in [2.05, 4.69) is 17.1 Å². The van der Waals surface area contributed by atoms with Crippen molar-refractivity contribution in [2.24, 2.45) is 5.92 Å². The molecule has 1 fully saturated rings. The number of piperidine rings is 1. The maximum absolute atomic E-state index is 12.4. The standard InChI is InChI=1S/C20H31ClN2O3/c1-4-12-26-19-17(21)13-16(14-18(19)25-3)20(24)22-8-5-9-23-10-6-15(2)7-11-23/h13-15H,4-12H2,1-3H3,(H,22,24). The summed E-state index contributed by atoms with van der Waals surface area (Å²) in [6.45, 7) is 8.90. The highest BCUT2D eigenvalue weighted by atomic mass is 35.5. The molecule has 0 aliphatic carbocycles. The van der Waals surface area contributed by atoms with Crippen LogP contribution in [0.25, 0.3) is 0 Å². The third-order valence-electron chi connectivity index (χ3n) is 4.76. The molecular formula is C20H31ClN2O3. The van der Waals surface area contributed by atoms with Crippen molar-refractivity contribution < 1.29 is 14.3 Å². The summed E-state index contributed by atoms with van der Waals surface area (Å²) in [5.74, 6) is 1.68. The number of nitrogens with one attached hydrogen (secondary N) is 1. The van der Waals surface area contributed by atoms with Gasteiger partial charge < -0.3 is 19.7 Å². The average Bonchev–Trinajstić information content (AvgIpc) is 2.64. The average molecular weight is 383 g/mol. The summed E-state index contributed by atoms with van der Waals surface area (Å²) in [7, 11) is 1.55. The lowest BCUT2D eigenvalue weighted by molar-refractivity contribution is 0.0950. The molecule has 26 heavy (non-hydrogen) atoms. The van der Waals surface area contributed by atoms with Gasteiger partial charge in [0.1, 0.15) is 0 Å². The molecular weight excluding hydrogens is 352 g/mol. The van der Waals surface area contributed by atoms with E-state index < -0.39 is 0 Å². The first-order valence-corrected chi connectivity index (χ1v) is 9.93. The second-order valence-corrected chi connectivity index (χ2v) is 7.38. The SMILES string of the molecule is CCCOc1c(Cl)cc(C(=O)NCCCN2CCC(C)CC2)cc1OC. The Kier molecular flexibility index (Phi) is 8.52. The number of methoxy groups -OCH3 is 1. The van der Waals surface area contributed by atoms with Crippen molar-refractivity contribution in [3.63, 3.8) is 0 Å². The minimum Gasteiger partial charge on any atom is -0.493 e. The lowest BCUT2D eigenvalue weighted by Gasteiger charge is -2.30. The van der Waals surface area contributed by atoms with Gasteiger partial charge in [0.05, 0.1) is 18.7 Å². The summed E-state index contributed by atoms with van der Waals surface area (Å²) in [5, 5.41) is 3.36. The molecule has 0 unspecified atom stereocenters. The number of halogens is 1. The van der Waals surface area contributed by atoms with E-state index in [-0.39, 0.29) is 5.91 Å². The van der Waals surface area contributed by atoms with Crippen LogP contribution < -0.4 is 14.8 Å². The summed E-state index contributed by atoms with van der Waals surface area (Å²) in [6.07, 6.45) is 4.37. The van der Waals surface area contributed by atoms with E-state index in [1.54, 1.807) is 19.2 Å². The first-order chi connectivity index (χ1) is 12.5. The van der Waals surface area contributed by atoms with Crippen LogP contribution in [0, 0.1) is 5.92 Å². The fourth-order valence-electron chi connectivity index (χ4n) is 3.09. The minimum atomic E-state index is -0.139. The van der Waals surface area contributed by atoms with Crippen LogP contribution in [-0.4, -0.2) is 50.7 Å². The Morgan fingerprint density at radius 3 is 2.73 bits per heavy atom. The highest BCUT2D eigenvalue weighted by Gasteiger charge is 2.17. The molecule has 0 radical (unpaired) electrons. The molecule has 1 amide bonds. The summed E-state index contributed by atoms with van der Waals surface area (Å²) >= 11 is 6.28. The Bertz CT molecular complexity index is 587. The molecule has 6 heteroatoms. The van der Waals surface area contributed by atoms with Gasteiger partial charge in [0.25, 0.3) is 5.91 Å². The van der Waals surface area contributed by atoms with Gasteiger partial charge in [0.2, 0.25) is 0 Å². The summed E-state index contributed by atoms with van der Waals surface area (Å²) in [4.78, 5) is 14.9. The smallest absolute Gasteiger partial charge is 0.251 e. The maximum Gasteiger partial charge on any atom is 0.251 e. The van der Waals surface area contributed by atoms with Gasteiger partial charge in [-0.05, 0) is 63.4 Å². The third-order valence-corrected chi connectivity index (χ3v) is 5.04. The summed E-state index contributed by atoms with van der Waals surface area (Å²) < 4.78 is 11.0. The zero-order chi connectivity index (χ0) is 18.9. The molecule has 1 aliphatic heterocycles. The van der Waals surface area contributed by atoms with E-state index in [9.17, 15) is 4.79 Å². The highest BCUT2D eigenvalue weighted by molar-refractivity contribution is 6.32. The topological polar surface area (TPSA) is 50.8 Å². The van der Waals surface area contributed by atoms with E-state index in [4.69, 9.17) is 21.1 Å². The summed E-state index contributed by atoms with van der Waals surface area (Å²) in [5.41, 5.74) is 0.488. The van der Waals surface area contributed by atoms with Crippen molar-refractivity contribution in [3.05, 3.63) is 22.7 Å². The van der Waals surface area contributed by atoms with Crippen LogP contribution in [0.15, 0.2) is 12.1 Å². The number of benzene rings is 1. The zero-order valence-corrected chi connectivity index (χ0v) is 16.9. The second-order valence-electron chi connectivity index (χ2n) is 6.97. The minimum absolute atomic E-state index is 0.139. The number of amides is 1. The lowest BCUT2D eigenvalue weighted by Crippen LogP contribution is -2.35. The Morgan fingerprint density at radius 2 is 2.08 bits per heavy atom. The Hall–Kier alpha value is -1.46. The third kappa shape index (κ3) is 6.06. The van der Waals surface area contributed by atoms with Gasteiger partial charge in [-0.1, -0.05) is 25.4 Å². The molecule has 1 aliphatic rings. The Balaban J connectivity index is 1.84. The van der Waals surface area contributed by atoms with E-state index in [0.29, 0.717) is 35.2 Å². The molecule has 1 N–H and O–H groups in total. The molecule has 0 saturated carbocycles. The first kappa shape index (κ1) is 20.8. The quantitative estimate of drug-likeness (QED) is 0.656. The van der Waals surface area contributed by atoms with E-state index in [1.165, 1.54) is 25.9 Å². The van der Waals surface area contributed by atoms with Crippen LogP contribution in [0.1, 0.15) is 49.9 Å². The van der Waals surface area contributed by atoms with E-state index in [0.717, 1.165) is 25.3 Å². The lowest BCUT2D eigenvalue weighted by atomic mass is 9.99. The Labute approximate surface area is 162 Å². The monoisotopic (exact) mass is 382 g/mol. The van der Waals surface area contributed by atoms with Gasteiger partial charge in [-0.15, -0.1) is 0 Å². The van der Waals surface area contributed by atoms with E-state index >= 15 is 0 Å². The van der Waals surface area contributed by atoms with Gasteiger partial charge in [0.15, 0.2) is 11.5 Å². The van der Waals surface area contributed by atoms with Crippen LogP contribution in [0.5, 0.6) is 11.5 Å². The van der Waals surface area contributed by atoms with Crippen molar-refractivity contribution in [2.75, 3.05) is 39.9 Å². The van der Waals surface area contributed by atoms with Crippen molar-refractivity contribution >= 4 is 17.5 Å². The molecule has 0 aromatic heterocycles. The normalized spacial score (nSPS) is 15.7. The van der Waals surface area contributed by atoms with Crippen LogP contribution in [0.4, 0.5) is 0 Å². The predicted molar refractivity (Wildman–Crippen MR) is 106 cm³/mol. The predicted octanol–water partition coefficient (Wildman–Crippen LogP) is 3.99. The molecule has 0 atom stereocenters. The molecule has 2 rings (SSSR count). The number of hydrogen-bond acceptors (Lipinski definition) is 4. The van der Waals surface area contributed by atoms with Crippen molar-refractivity contribution in [1.82, 2.24) is 10.2 Å². The largest absolute Gasteiger partial charge is 0.493 e. The molecule has 5 nitrogen and oxygen atoms in total. The zero-order valence-electron chi connectivity index (χ0n) is 16.1. The van der Waals surface area contributed by atoms with Gasteiger partial charge in [0, 0.05) is 12.1 Å². The van der Waals surface area contributed by atoms with Gasteiger partial charge >= 0.3 is 0 Å². The van der Waals surface area contributed by atoms with Crippen molar-refractivity contribution in [3.8, 4) is 11.5 Å². The fourth-order valence-corrected chi connectivity index (χ4v) is 3.35. The number of likely N-dealkylation sites (tertiary alicyclic amines) is 1. The molecule has 1 aromatic rings.